The van der Waals surface area contributed by atoms with Crippen LogP contribution < -0.4 is 0 Å². The van der Waals surface area contributed by atoms with Gasteiger partial charge in [-0.05, 0) is 48.9 Å². The number of rotatable bonds is 7. The molecule has 7 nitrogen and oxygen atoms in total. The normalized spacial score (nSPS) is 17.9. The van der Waals surface area contributed by atoms with E-state index in [0.29, 0.717) is 30.3 Å². The fourth-order valence-corrected chi connectivity index (χ4v) is 6.02. The number of nitrogens with zero attached hydrogens (tertiary/aromatic N) is 1. The summed E-state index contributed by atoms with van der Waals surface area (Å²) < 4.78 is 37.7. The van der Waals surface area contributed by atoms with Crippen LogP contribution in [0.4, 0.5) is 0 Å². The summed E-state index contributed by atoms with van der Waals surface area (Å²) in [5, 5.41) is 0. The van der Waals surface area contributed by atoms with Crippen LogP contribution in [0.5, 0.6) is 0 Å². The highest BCUT2D eigenvalue weighted by Gasteiger charge is 2.28. The highest BCUT2D eigenvalue weighted by atomic mass is 32.2. The lowest BCUT2D eigenvalue weighted by Gasteiger charge is -2.26. The number of hydrogen-bond donors (Lipinski definition) is 0. The predicted molar refractivity (Wildman–Crippen MR) is 128 cm³/mol. The molecular weight excluding hydrogens is 454 g/mol. The van der Waals surface area contributed by atoms with Crippen LogP contribution in [0.25, 0.3) is 0 Å². The fraction of sp³-hybridized carbons (Fsp3) is 0.462. The molecule has 2 fully saturated rings. The summed E-state index contributed by atoms with van der Waals surface area (Å²) in [6.07, 6.45) is 6.15. The van der Waals surface area contributed by atoms with E-state index in [1.54, 1.807) is 25.1 Å². The van der Waals surface area contributed by atoms with Crippen LogP contribution in [0.15, 0.2) is 47.4 Å². The van der Waals surface area contributed by atoms with Crippen LogP contribution >= 0.6 is 0 Å². The van der Waals surface area contributed by atoms with Gasteiger partial charge >= 0.3 is 5.97 Å². The summed E-state index contributed by atoms with van der Waals surface area (Å²) in [5.74, 6) is -0.457. The largest absolute Gasteiger partial charge is 0.454 e. The lowest BCUT2D eigenvalue weighted by Crippen LogP contribution is -2.40. The monoisotopic (exact) mass is 485 g/mol. The number of morpholine rings is 1. The molecule has 0 amide bonds. The minimum absolute atomic E-state index is 0.0246. The zero-order valence-electron chi connectivity index (χ0n) is 19.5. The standard InChI is InChI=1S/C26H31NO6S/c1-19-7-12-23(34(30,31)27-13-15-32-16-14-27)17-24(19)26(29)33-18-25(28)22-10-8-21(9-11-22)20-5-3-2-4-6-20/h7-12,17,20H,2-6,13-16,18H2,1H3. The molecule has 8 heteroatoms. The van der Waals surface area contributed by atoms with E-state index in [4.69, 9.17) is 9.47 Å². The second kappa shape index (κ2) is 10.8. The van der Waals surface area contributed by atoms with Crippen molar-refractivity contribution < 1.29 is 27.5 Å². The van der Waals surface area contributed by atoms with Gasteiger partial charge in [0.25, 0.3) is 0 Å². The number of aryl methyl sites for hydroxylation is 1. The second-order valence-electron chi connectivity index (χ2n) is 8.95. The lowest BCUT2D eigenvalue weighted by atomic mass is 9.84. The topological polar surface area (TPSA) is 90.0 Å². The summed E-state index contributed by atoms with van der Waals surface area (Å²) in [4.78, 5) is 25.3. The molecule has 2 aromatic carbocycles. The molecule has 1 heterocycles. The molecule has 0 radical (unpaired) electrons. The van der Waals surface area contributed by atoms with E-state index in [0.717, 1.165) is 0 Å². The molecule has 4 rings (SSSR count). The SMILES string of the molecule is Cc1ccc(S(=O)(=O)N2CCOCC2)cc1C(=O)OCC(=O)c1ccc(C2CCCCC2)cc1. The summed E-state index contributed by atoms with van der Waals surface area (Å²) in [7, 11) is -3.74. The van der Waals surface area contributed by atoms with Gasteiger partial charge in [0, 0.05) is 18.7 Å². The third-order valence-corrected chi connectivity index (χ3v) is 8.58. The molecule has 1 aliphatic carbocycles. The van der Waals surface area contributed by atoms with E-state index in [2.05, 4.69) is 0 Å². The van der Waals surface area contributed by atoms with Crippen molar-refractivity contribution in [2.24, 2.45) is 0 Å². The van der Waals surface area contributed by atoms with Crippen molar-refractivity contribution >= 4 is 21.8 Å². The Labute approximate surface area is 201 Å². The minimum atomic E-state index is -3.74. The van der Waals surface area contributed by atoms with Crippen LogP contribution in [0, 0.1) is 6.92 Å². The van der Waals surface area contributed by atoms with Crippen LogP contribution in [-0.4, -0.2) is 57.4 Å². The Kier molecular flexibility index (Phi) is 7.80. The number of carbonyl (C=O) groups excluding carboxylic acids is 2. The third kappa shape index (κ3) is 5.56. The molecule has 34 heavy (non-hydrogen) atoms. The Hall–Kier alpha value is -2.55. The molecule has 182 valence electrons. The summed E-state index contributed by atoms with van der Waals surface area (Å²) in [6, 6.07) is 12.0. The Bertz CT molecular complexity index is 1130. The van der Waals surface area contributed by atoms with Crippen molar-refractivity contribution in [3.63, 3.8) is 0 Å². The van der Waals surface area contributed by atoms with Gasteiger partial charge in [-0.25, -0.2) is 13.2 Å². The molecule has 0 atom stereocenters. The molecule has 1 aliphatic heterocycles. The molecule has 0 unspecified atom stereocenters. The van der Waals surface area contributed by atoms with Crippen molar-refractivity contribution in [1.29, 1.82) is 0 Å². The van der Waals surface area contributed by atoms with Crippen molar-refractivity contribution in [2.45, 2.75) is 49.8 Å². The van der Waals surface area contributed by atoms with Gasteiger partial charge in [0.1, 0.15) is 0 Å². The first-order valence-corrected chi connectivity index (χ1v) is 13.3. The molecule has 0 N–H and O–H groups in total. The van der Waals surface area contributed by atoms with Crippen molar-refractivity contribution in [1.82, 2.24) is 4.31 Å². The van der Waals surface area contributed by atoms with Crippen molar-refractivity contribution in [2.75, 3.05) is 32.9 Å². The molecule has 2 aromatic rings. The quantitative estimate of drug-likeness (QED) is 0.433. The van der Waals surface area contributed by atoms with E-state index in [-0.39, 0.29) is 29.3 Å². The predicted octanol–water partition coefficient (Wildman–Crippen LogP) is 4.10. The lowest BCUT2D eigenvalue weighted by molar-refractivity contribution is 0.0473. The number of sulfonamides is 1. The molecule has 2 aliphatic rings. The zero-order chi connectivity index (χ0) is 24.1. The van der Waals surface area contributed by atoms with Gasteiger partial charge in [0.05, 0.1) is 23.7 Å². The fourth-order valence-electron chi connectivity index (χ4n) is 4.59. The van der Waals surface area contributed by atoms with Gasteiger partial charge in [-0.15, -0.1) is 0 Å². The molecule has 0 aromatic heterocycles. The Morgan fingerprint density at radius 1 is 1.00 bits per heavy atom. The van der Waals surface area contributed by atoms with Crippen LogP contribution in [0.3, 0.4) is 0 Å². The molecule has 1 saturated carbocycles. The van der Waals surface area contributed by atoms with E-state index in [1.165, 1.54) is 54.1 Å². The Morgan fingerprint density at radius 3 is 2.35 bits per heavy atom. The first-order valence-electron chi connectivity index (χ1n) is 11.8. The van der Waals surface area contributed by atoms with Gasteiger partial charge < -0.3 is 9.47 Å². The molecular formula is C26H31NO6S. The number of ketones is 1. The molecule has 0 spiro atoms. The van der Waals surface area contributed by atoms with Crippen molar-refractivity contribution in [3.8, 4) is 0 Å². The number of Topliss-reactive ketones (excluding diaryl/α,β-unsaturated/α-hetero) is 1. The number of esters is 1. The van der Waals surface area contributed by atoms with Gasteiger partial charge in [-0.1, -0.05) is 49.6 Å². The van der Waals surface area contributed by atoms with E-state index >= 15 is 0 Å². The number of carbonyl (C=O) groups is 2. The van der Waals surface area contributed by atoms with Gasteiger partial charge in [-0.2, -0.15) is 4.31 Å². The highest BCUT2D eigenvalue weighted by molar-refractivity contribution is 7.89. The minimum Gasteiger partial charge on any atom is -0.454 e. The van der Waals surface area contributed by atoms with E-state index in [1.807, 2.05) is 12.1 Å². The third-order valence-electron chi connectivity index (χ3n) is 6.68. The molecule has 1 saturated heterocycles. The number of hydrogen-bond acceptors (Lipinski definition) is 6. The van der Waals surface area contributed by atoms with E-state index in [9.17, 15) is 18.0 Å². The van der Waals surface area contributed by atoms with Crippen LogP contribution in [0.1, 0.15) is 69.9 Å². The van der Waals surface area contributed by atoms with Gasteiger partial charge in [-0.3, -0.25) is 4.79 Å². The summed E-state index contributed by atoms with van der Waals surface area (Å²) in [6.45, 7) is 2.51. The second-order valence-corrected chi connectivity index (χ2v) is 10.9. The van der Waals surface area contributed by atoms with Crippen LogP contribution in [0.2, 0.25) is 0 Å². The number of benzene rings is 2. The average molecular weight is 486 g/mol. The molecule has 0 bridgehead atoms. The van der Waals surface area contributed by atoms with Crippen molar-refractivity contribution in [3.05, 3.63) is 64.7 Å². The average Bonchev–Trinajstić information content (AvgIpc) is 2.88. The summed E-state index contributed by atoms with van der Waals surface area (Å²) >= 11 is 0. The highest BCUT2D eigenvalue weighted by Crippen LogP contribution is 2.32. The number of ether oxygens (including phenoxy) is 2. The first kappa shape index (κ1) is 24.6. The maximum atomic E-state index is 12.9. The Balaban J connectivity index is 1.40. The summed E-state index contributed by atoms with van der Waals surface area (Å²) in [5.41, 5.74) is 2.46. The maximum absolute atomic E-state index is 12.9. The van der Waals surface area contributed by atoms with E-state index < -0.39 is 22.6 Å². The zero-order valence-corrected chi connectivity index (χ0v) is 20.3. The van der Waals surface area contributed by atoms with Crippen LogP contribution in [-0.2, 0) is 19.5 Å². The van der Waals surface area contributed by atoms with Gasteiger partial charge in [0.2, 0.25) is 10.0 Å². The van der Waals surface area contributed by atoms with Gasteiger partial charge in [0.15, 0.2) is 12.4 Å². The Morgan fingerprint density at radius 2 is 1.68 bits per heavy atom. The smallest absolute Gasteiger partial charge is 0.338 e. The first-order chi connectivity index (χ1) is 16.4. The maximum Gasteiger partial charge on any atom is 0.338 e.